The van der Waals surface area contributed by atoms with Gasteiger partial charge in [0.15, 0.2) is 0 Å². The Labute approximate surface area is 91.5 Å². The molecule has 0 N–H and O–H groups in total. The first kappa shape index (κ1) is 10.9. The number of pyridine rings is 1. The molecule has 0 aromatic carbocycles. The van der Waals surface area contributed by atoms with Crippen LogP contribution in [0.25, 0.3) is 0 Å². The van der Waals surface area contributed by atoms with Crippen LogP contribution in [0.5, 0.6) is 0 Å². The highest BCUT2D eigenvalue weighted by Gasteiger charge is 2.30. The van der Waals surface area contributed by atoms with Crippen molar-refractivity contribution in [2.75, 3.05) is 12.3 Å². The first-order chi connectivity index (χ1) is 7.12. The molecule has 1 saturated heterocycles. The molecule has 15 heavy (non-hydrogen) atoms. The van der Waals surface area contributed by atoms with Crippen molar-refractivity contribution in [3.63, 3.8) is 0 Å². The second-order valence-corrected chi connectivity index (χ2v) is 7.78. The van der Waals surface area contributed by atoms with Crippen molar-refractivity contribution < 1.29 is 4.57 Å². The summed E-state index contributed by atoms with van der Waals surface area (Å²) in [5.74, 6) is 0.496. The summed E-state index contributed by atoms with van der Waals surface area (Å²) in [6.07, 6.45) is 5.82. The molecule has 0 saturated carbocycles. The van der Waals surface area contributed by atoms with Crippen molar-refractivity contribution in [2.24, 2.45) is 0 Å². The molecular weight excluding hydrogens is 205 g/mol. The smallest absolute Gasteiger partial charge is 0.133 e. The van der Waals surface area contributed by atoms with Gasteiger partial charge in [0.05, 0.1) is 5.44 Å². The van der Waals surface area contributed by atoms with E-state index < -0.39 is 7.14 Å². The first-order valence-electron chi connectivity index (χ1n) is 5.66. The number of hydrogen-bond acceptors (Lipinski definition) is 2. The lowest BCUT2D eigenvalue weighted by molar-refractivity contribution is 0.584. The molecule has 0 spiro atoms. The molecule has 0 unspecified atom stereocenters. The Hall–Kier alpha value is -0.620. The van der Waals surface area contributed by atoms with Crippen molar-refractivity contribution in [3.8, 4) is 0 Å². The Morgan fingerprint density at radius 1 is 1.27 bits per heavy atom. The van der Waals surface area contributed by atoms with Gasteiger partial charge in [0.2, 0.25) is 0 Å². The van der Waals surface area contributed by atoms with E-state index in [2.05, 4.69) is 24.9 Å². The Morgan fingerprint density at radius 2 is 1.93 bits per heavy atom. The quantitative estimate of drug-likeness (QED) is 0.721. The van der Waals surface area contributed by atoms with Crippen molar-refractivity contribution in [1.82, 2.24) is 4.98 Å². The monoisotopic (exact) mass is 223 g/mol. The summed E-state index contributed by atoms with van der Waals surface area (Å²) in [5.41, 5.74) is 2.08. The molecule has 2 rings (SSSR count). The molecular formula is C12H18NOP. The summed E-state index contributed by atoms with van der Waals surface area (Å²) in [6.45, 7) is 4.29. The van der Waals surface area contributed by atoms with E-state index in [-0.39, 0.29) is 0 Å². The van der Waals surface area contributed by atoms with E-state index in [4.69, 9.17) is 0 Å². The Morgan fingerprint density at radius 3 is 2.40 bits per heavy atom. The fourth-order valence-corrected chi connectivity index (χ4v) is 4.82. The van der Waals surface area contributed by atoms with E-state index in [9.17, 15) is 4.57 Å². The predicted molar refractivity (Wildman–Crippen MR) is 64.5 cm³/mol. The molecule has 1 aromatic heterocycles. The van der Waals surface area contributed by atoms with Gasteiger partial charge in [-0.3, -0.25) is 4.98 Å². The SMILES string of the molecule is CC(C)c1ccc(P2(=O)CCCC2)nc1. The number of rotatable bonds is 2. The molecule has 0 radical (unpaired) electrons. The molecule has 1 aromatic rings. The van der Waals surface area contributed by atoms with Gasteiger partial charge in [-0.15, -0.1) is 0 Å². The molecule has 1 aliphatic rings. The maximum Gasteiger partial charge on any atom is 0.133 e. The van der Waals surface area contributed by atoms with Gasteiger partial charge in [-0.1, -0.05) is 19.9 Å². The maximum absolute atomic E-state index is 12.4. The van der Waals surface area contributed by atoms with Crippen LogP contribution in [-0.2, 0) is 4.57 Å². The molecule has 0 amide bonds. The Bertz CT molecular complexity index is 373. The summed E-state index contributed by atoms with van der Waals surface area (Å²) in [6, 6.07) is 4.05. The van der Waals surface area contributed by atoms with Gasteiger partial charge in [-0.05, 0) is 30.4 Å². The normalized spacial score (nSPS) is 19.7. The third-order valence-electron chi connectivity index (χ3n) is 3.14. The largest absolute Gasteiger partial charge is 0.317 e. The van der Waals surface area contributed by atoms with E-state index in [0.717, 1.165) is 30.6 Å². The third-order valence-corrected chi connectivity index (χ3v) is 6.32. The van der Waals surface area contributed by atoms with Crippen LogP contribution in [0.4, 0.5) is 0 Å². The summed E-state index contributed by atoms with van der Waals surface area (Å²) >= 11 is 0. The molecule has 2 nitrogen and oxygen atoms in total. The van der Waals surface area contributed by atoms with Crippen molar-refractivity contribution in [1.29, 1.82) is 0 Å². The maximum atomic E-state index is 12.4. The second kappa shape index (κ2) is 4.09. The van der Waals surface area contributed by atoms with Crippen molar-refractivity contribution in [2.45, 2.75) is 32.6 Å². The lowest BCUT2D eigenvalue weighted by atomic mass is 10.1. The highest BCUT2D eigenvalue weighted by molar-refractivity contribution is 7.71. The zero-order valence-electron chi connectivity index (χ0n) is 9.44. The lowest BCUT2D eigenvalue weighted by Crippen LogP contribution is -2.11. The number of aromatic nitrogens is 1. The van der Waals surface area contributed by atoms with Crippen LogP contribution >= 0.6 is 7.14 Å². The third kappa shape index (κ3) is 2.15. The van der Waals surface area contributed by atoms with Crippen LogP contribution in [0.1, 0.15) is 38.2 Å². The van der Waals surface area contributed by atoms with E-state index in [1.54, 1.807) is 0 Å². The van der Waals surface area contributed by atoms with Crippen LogP contribution < -0.4 is 5.44 Å². The van der Waals surface area contributed by atoms with E-state index in [1.165, 1.54) is 5.56 Å². The van der Waals surface area contributed by atoms with E-state index in [1.807, 2.05) is 12.3 Å². The van der Waals surface area contributed by atoms with Crippen LogP contribution in [0.2, 0.25) is 0 Å². The minimum absolute atomic E-state index is 0.496. The van der Waals surface area contributed by atoms with Gasteiger partial charge in [0.1, 0.15) is 7.14 Å². The average Bonchev–Trinajstić information content (AvgIpc) is 2.67. The first-order valence-corrected chi connectivity index (χ1v) is 7.74. The van der Waals surface area contributed by atoms with Gasteiger partial charge >= 0.3 is 0 Å². The van der Waals surface area contributed by atoms with Gasteiger partial charge in [-0.2, -0.15) is 0 Å². The van der Waals surface area contributed by atoms with Crippen LogP contribution in [0.3, 0.4) is 0 Å². The standard InChI is InChI=1S/C12H18NOP/c1-10(2)11-5-6-12(13-9-11)15(14)7-3-4-8-15/h5-6,9-10H,3-4,7-8H2,1-2H3. The summed E-state index contributed by atoms with van der Waals surface area (Å²) < 4.78 is 12.4. The van der Waals surface area contributed by atoms with Crippen molar-refractivity contribution in [3.05, 3.63) is 23.9 Å². The molecule has 2 heterocycles. The van der Waals surface area contributed by atoms with E-state index >= 15 is 0 Å². The highest BCUT2D eigenvalue weighted by atomic mass is 31.2. The lowest BCUT2D eigenvalue weighted by Gasteiger charge is -2.11. The molecule has 3 heteroatoms. The Balaban J connectivity index is 2.27. The minimum Gasteiger partial charge on any atom is -0.317 e. The molecule has 1 fully saturated rings. The molecule has 82 valence electrons. The zero-order chi connectivity index (χ0) is 10.9. The fourth-order valence-electron chi connectivity index (χ4n) is 2.06. The highest BCUT2D eigenvalue weighted by Crippen LogP contribution is 2.50. The number of nitrogens with zero attached hydrogens (tertiary/aromatic N) is 1. The second-order valence-electron chi connectivity index (χ2n) is 4.65. The molecule has 0 bridgehead atoms. The molecule has 0 atom stereocenters. The predicted octanol–water partition coefficient (Wildman–Crippen LogP) is 2.99. The number of hydrogen-bond donors (Lipinski definition) is 0. The molecule has 0 aliphatic carbocycles. The van der Waals surface area contributed by atoms with Crippen LogP contribution in [-0.4, -0.2) is 17.3 Å². The minimum atomic E-state index is -2.08. The van der Waals surface area contributed by atoms with Gasteiger partial charge < -0.3 is 4.57 Å². The topological polar surface area (TPSA) is 30.0 Å². The average molecular weight is 223 g/mol. The van der Waals surface area contributed by atoms with Gasteiger partial charge in [0, 0.05) is 18.5 Å². The van der Waals surface area contributed by atoms with Gasteiger partial charge in [-0.25, -0.2) is 0 Å². The zero-order valence-corrected chi connectivity index (χ0v) is 10.3. The summed E-state index contributed by atoms with van der Waals surface area (Å²) in [4.78, 5) is 4.39. The Kier molecular flexibility index (Phi) is 2.97. The van der Waals surface area contributed by atoms with Crippen molar-refractivity contribution >= 4 is 12.6 Å². The fraction of sp³-hybridized carbons (Fsp3) is 0.583. The van der Waals surface area contributed by atoms with Crippen LogP contribution in [0.15, 0.2) is 18.3 Å². The van der Waals surface area contributed by atoms with Gasteiger partial charge in [0.25, 0.3) is 0 Å². The molecule has 1 aliphatic heterocycles. The van der Waals surface area contributed by atoms with E-state index in [0.29, 0.717) is 5.92 Å². The summed E-state index contributed by atoms with van der Waals surface area (Å²) in [5, 5.41) is 0. The van der Waals surface area contributed by atoms with Crippen LogP contribution in [0, 0.1) is 0 Å². The summed E-state index contributed by atoms with van der Waals surface area (Å²) in [7, 11) is -2.08.